The molecule has 0 amide bonds. The second-order valence-corrected chi connectivity index (χ2v) is 7.53. The smallest absolute Gasteiger partial charge is 0.314 e. The number of rotatable bonds is 6. The Morgan fingerprint density at radius 3 is 1.57 bits per heavy atom. The summed E-state index contributed by atoms with van der Waals surface area (Å²) in [4.78, 5) is 2.31. The molecule has 2 nitrogen and oxygen atoms in total. The summed E-state index contributed by atoms with van der Waals surface area (Å²) in [5, 5.41) is 3.27. The van der Waals surface area contributed by atoms with Crippen molar-refractivity contribution in [3.8, 4) is 0 Å². The van der Waals surface area contributed by atoms with Crippen LogP contribution in [0.4, 0.5) is 26.3 Å². The molecule has 8 heteroatoms. The molecular formula is C22H24F6N2. The maximum absolute atomic E-state index is 12.9. The monoisotopic (exact) mass is 430 g/mol. The van der Waals surface area contributed by atoms with Crippen LogP contribution in [0.2, 0.25) is 0 Å². The van der Waals surface area contributed by atoms with Crippen LogP contribution in [0, 0.1) is 0 Å². The lowest BCUT2D eigenvalue weighted by atomic mass is 9.86. The van der Waals surface area contributed by atoms with E-state index in [1.807, 2.05) is 0 Å². The molecule has 0 spiro atoms. The first kappa shape index (κ1) is 22.6. The Balaban J connectivity index is 1.78. The minimum absolute atomic E-state index is 0.266. The molecule has 0 aliphatic carbocycles. The molecule has 1 aliphatic rings. The van der Waals surface area contributed by atoms with E-state index in [4.69, 9.17) is 0 Å². The van der Waals surface area contributed by atoms with Gasteiger partial charge in [-0.05, 0) is 54.8 Å². The molecular weight excluding hydrogens is 406 g/mol. The molecule has 0 aromatic heterocycles. The fraction of sp³-hybridized carbons (Fsp3) is 0.455. The highest BCUT2D eigenvalue weighted by molar-refractivity contribution is 5.36. The van der Waals surface area contributed by atoms with E-state index >= 15 is 0 Å². The number of piperazine rings is 1. The summed E-state index contributed by atoms with van der Waals surface area (Å²) >= 11 is 0. The molecule has 1 fully saturated rings. The standard InChI is InChI=1S/C22H24F6N2/c23-21(24,25)18-7-3-16(4-8-18)20(2-1-13-30-14-11-29-12-15-30)17-5-9-19(10-6-17)22(26,27)28/h3-10,20,29H,1-2,11-15H2. The quantitative estimate of drug-likeness (QED) is 0.606. The molecule has 0 unspecified atom stereocenters. The van der Waals surface area contributed by atoms with Crippen LogP contribution in [0.15, 0.2) is 48.5 Å². The van der Waals surface area contributed by atoms with E-state index < -0.39 is 23.5 Å². The summed E-state index contributed by atoms with van der Waals surface area (Å²) in [6.45, 7) is 4.55. The lowest BCUT2D eigenvalue weighted by Gasteiger charge is -2.28. The molecule has 0 bridgehead atoms. The largest absolute Gasteiger partial charge is 0.416 e. The molecule has 3 rings (SSSR count). The van der Waals surface area contributed by atoms with E-state index in [-0.39, 0.29) is 5.92 Å². The van der Waals surface area contributed by atoms with Crippen molar-refractivity contribution < 1.29 is 26.3 Å². The Bertz CT molecular complexity index is 733. The van der Waals surface area contributed by atoms with Crippen LogP contribution >= 0.6 is 0 Å². The van der Waals surface area contributed by atoms with Crippen molar-refractivity contribution >= 4 is 0 Å². The topological polar surface area (TPSA) is 15.3 Å². The normalized spacial score (nSPS) is 16.2. The fourth-order valence-corrected chi connectivity index (χ4v) is 3.79. The summed E-state index contributed by atoms with van der Waals surface area (Å²) in [5.41, 5.74) is -0.136. The predicted molar refractivity (Wildman–Crippen MR) is 103 cm³/mol. The highest BCUT2D eigenvalue weighted by Crippen LogP contribution is 2.35. The first-order chi connectivity index (χ1) is 14.1. The molecule has 1 saturated heterocycles. The number of halogens is 6. The van der Waals surface area contributed by atoms with Gasteiger partial charge in [-0.3, -0.25) is 0 Å². The summed E-state index contributed by atoms with van der Waals surface area (Å²) in [6.07, 6.45) is -7.41. The molecule has 164 valence electrons. The zero-order chi connectivity index (χ0) is 21.8. The van der Waals surface area contributed by atoms with Gasteiger partial charge in [0.1, 0.15) is 0 Å². The van der Waals surface area contributed by atoms with E-state index in [9.17, 15) is 26.3 Å². The van der Waals surface area contributed by atoms with Gasteiger partial charge in [-0.1, -0.05) is 24.3 Å². The molecule has 30 heavy (non-hydrogen) atoms. The zero-order valence-corrected chi connectivity index (χ0v) is 16.4. The van der Waals surface area contributed by atoms with Crippen molar-refractivity contribution in [3.63, 3.8) is 0 Å². The molecule has 2 aromatic carbocycles. The molecule has 1 N–H and O–H groups in total. The molecule has 1 aliphatic heterocycles. The van der Waals surface area contributed by atoms with Gasteiger partial charge in [0.15, 0.2) is 0 Å². The van der Waals surface area contributed by atoms with E-state index in [0.29, 0.717) is 17.5 Å². The van der Waals surface area contributed by atoms with Crippen molar-refractivity contribution in [2.45, 2.75) is 31.1 Å². The molecule has 2 aromatic rings. The van der Waals surface area contributed by atoms with Crippen LogP contribution < -0.4 is 5.32 Å². The van der Waals surface area contributed by atoms with Crippen molar-refractivity contribution in [3.05, 3.63) is 70.8 Å². The van der Waals surface area contributed by atoms with Gasteiger partial charge in [-0.15, -0.1) is 0 Å². The number of hydrogen-bond donors (Lipinski definition) is 1. The van der Waals surface area contributed by atoms with Gasteiger partial charge in [0.05, 0.1) is 11.1 Å². The number of alkyl halides is 6. The molecule has 0 atom stereocenters. The second kappa shape index (κ2) is 9.39. The third-order valence-electron chi connectivity index (χ3n) is 5.46. The minimum atomic E-state index is -4.43. The van der Waals surface area contributed by atoms with E-state index in [2.05, 4.69) is 10.2 Å². The summed E-state index contributed by atoms with van der Waals surface area (Å²) < 4.78 is 77.3. The Hall–Kier alpha value is -2.06. The maximum Gasteiger partial charge on any atom is 0.416 e. The van der Waals surface area contributed by atoms with E-state index in [1.165, 1.54) is 24.3 Å². The third kappa shape index (κ3) is 5.98. The maximum atomic E-state index is 12.9. The SMILES string of the molecule is FC(F)(F)c1ccc(C(CCCN2CCNCC2)c2ccc(C(F)(F)F)cc2)cc1. The predicted octanol–water partition coefficient (Wildman–Crippen LogP) is 5.54. The van der Waals surface area contributed by atoms with Crippen LogP contribution in [-0.2, 0) is 12.4 Å². The lowest BCUT2D eigenvalue weighted by Crippen LogP contribution is -2.43. The van der Waals surface area contributed by atoms with Crippen LogP contribution in [0.3, 0.4) is 0 Å². The molecule has 1 heterocycles. The van der Waals surface area contributed by atoms with Crippen LogP contribution in [0.25, 0.3) is 0 Å². The first-order valence-electron chi connectivity index (χ1n) is 9.92. The Morgan fingerprint density at radius 2 is 1.17 bits per heavy atom. The van der Waals surface area contributed by atoms with Gasteiger partial charge in [0, 0.05) is 32.1 Å². The van der Waals surface area contributed by atoms with Gasteiger partial charge >= 0.3 is 12.4 Å². The van der Waals surface area contributed by atoms with E-state index in [0.717, 1.165) is 63.4 Å². The number of nitrogens with one attached hydrogen (secondary N) is 1. The minimum Gasteiger partial charge on any atom is -0.314 e. The van der Waals surface area contributed by atoms with Crippen molar-refractivity contribution in [2.24, 2.45) is 0 Å². The first-order valence-corrected chi connectivity index (χ1v) is 9.92. The van der Waals surface area contributed by atoms with Crippen LogP contribution in [-0.4, -0.2) is 37.6 Å². The Labute approximate surface area is 171 Å². The van der Waals surface area contributed by atoms with Crippen LogP contribution in [0.5, 0.6) is 0 Å². The van der Waals surface area contributed by atoms with Crippen molar-refractivity contribution in [1.82, 2.24) is 10.2 Å². The summed E-state index contributed by atoms with van der Waals surface area (Å²) in [6, 6.07) is 9.83. The van der Waals surface area contributed by atoms with Gasteiger partial charge in [-0.2, -0.15) is 26.3 Å². The van der Waals surface area contributed by atoms with Crippen molar-refractivity contribution in [2.75, 3.05) is 32.7 Å². The van der Waals surface area contributed by atoms with Crippen LogP contribution in [0.1, 0.15) is 41.0 Å². The third-order valence-corrected chi connectivity index (χ3v) is 5.46. The average Bonchev–Trinajstić information content (AvgIpc) is 2.71. The lowest BCUT2D eigenvalue weighted by molar-refractivity contribution is -0.138. The summed E-state index contributed by atoms with van der Waals surface area (Å²) in [7, 11) is 0. The zero-order valence-electron chi connectivity index (χ0n) is 16.4. The highest BCUT2D eigenvalue weighted by atomic mass is 19.4. The fourth-order valence-electron chi connectivity index (χ4n) is 3.79. The highest BCUT2D eigenvalue weighted by Gasteiger charge is 2.31. The van der Waals surface area contributed by atoms with Crippen molar-refractivity contribution in [1.29, 1.82) is 0 Å². The van der Waals surface area contributed by atoms with Gasteiger partial charge in [0.25, 0.3) is 0 Å². The van der Waals surface area contributed by atoms with E-state index in [1.54, 1.807) is 0 Å². The Morgan fingerprint density at radius 1 is 0.733 bits per heavy atom. The summed E-state index contributed by atoms with van der Waals surface area (Å²) in [5.74, 6) is -0.266. The second-order valence-electron chi connectivity index (χ2n) is 7.53. The number of hydrogen-bond acceptors (Lipinski definition) is 2. The van der Waals surface area contributed by atoms with Gasteiger partial charge < -0.3 is 10.2 Å². The molecule has 0 radical (unpaired) electrons. The molecule has 0 saturated carbocycles. The van der Waals surface area contributed by atoms with Gasteiger partial charge in [-0.25, -0.2) is 0 Å². The Kier molecular flexibility index (Phi) is 7.08. The number of benzene rings is 2. The number of nitrogens with zero attached hydrogens (tertiary/aromatic N) is 1. The average molecular weight is 430 g/mol. The van der Waals surface area contributed by atoms with Gasteiger partial charge in [0.2, 0.25) is 0 Å².